The van der Waals surface area contributed by atoms with Gasteiger partial charge in [-0.05, 0) is 30.7 Å². The smallest absolute Gasteiger partial charge is 0.123 e. The molecule has 0 aliphatic carbocycles. The van der Waals surface area contributed by atoms with Crippen molar-refractivity contribution in [2.45, 2.75) is 12.5 Å². The maximum atomic E-state index is 12.6. The molecule has 13 heavy (non-hydrogen) atoms. The molecule has 1 unspecified atom stereocenters. The fourth-order valence-electron chi connectivity index (χ4n) is 1.66. The molecule has 70 valence electrons. The zero-order chi connectivity index (χ0) is 9.26. The van der Waals surface area contributed by atoms with Gasteiger partial charge in [0.05, 0.1) is 0 Å². The van der Waals surface area contributed by atoms with Gasteiger partial charge in [0.15, 0.2) is 0 Å². The summed E-state index contributed by atoms with van der Waals surface area (Å²) in [7, 11) is 0. The van der Waals surface area contributed by atoms with Gasteiger partial charge in [0.2, 0.25) is 0 Å². The Morgan fingerprint density at radius 3 is 2.54 bits per heavy atom. The van der Waals surface area contributed by atoms with Crippen molar-refractivity contribution >= 4 is 5.69 Å². The van der Waals surface area contributed by atoms with Crippen molar-refractivity contribution in [3.05, 3.63) is 30.1 Å². The normalized spacial score (nSPS) is 21.4. The van der Waals surface area contributed by atoms with E-state index in [0.717, 1.165) is 18.7 Å². The number of anilines is 1. The number of hydrogen-bond donors (Lipinski definition) is 1. The van der Waals surface area contributed by atoms with Gasteiger partial charge >= 0.3 is 0 Å². The van der Waals surface area contributed by atoms with Gasteiger partial charge < -0.3 is 10.6 Å². The van der Waals surface area contributed by atoms with Gasteiger partial charge in [0.1, 0.15) is 5.82 Å². The van der Waals surface area contributed by atoms with Crippen LogP contribution in [0.5, 0.6) is 0 Å². The Hall–Kier alpha value is -1.09. The molecule has 2 rings (SSSR count). The van der Waals surface area contributed by atoms with Crippen molar-refractivity contribution in [1.29, 1.82) is 0 Å². The molecule has 0 bridgehead atoms. The molecule has 0 spiro atoms. The quantitative estimate of drug-likeness (QED) is 0.744. The highest BCUT2D eigenvalue weighted by Crippen LogP contribution is 2.25. The topological polar surface area (TPSA) is 29.3 Å². The number of nitrogens with zero attached hydrogens (tertiary/aromatic N) is 1. The van der Waals surface area contributed by atoms with E-state index in [1.54, 1.807) is 12.1 Å². The predicted octanol–water partition coefficient (Wildman–Crippen LogP) is 1.36. The van der Waals surface area contributed by atoms with Crippen LogP contribution in [0.15, 0.2) is 24.3 Å². The average Bonchev–Trinajstić information content (AvgIpc) is 2.08. The first-order valence-corrected chi connectivity index (χ1v) is 4.53. The molecule has 0 aromatic heterocycles. The summed E-state index contributed by atoms with van der Waals surface area (Å²) in [5.74, 6) is -0.187. The van der Waals surface area contributed by atoms with E-state index >= 15 is 0 Å². The maximum absolute atomic E-state index is 12.6. The number of benzene rings is 1. The second kappa shape index (κ2) is 3.34. The molecular weight excluding hydrogens is 167 g/mol. The van der Waals surface area contributed by atoms with E-state index in [2.05, 4.69) is 4.90 Å². The SMILES string of the molecule is NCC1CCN1c1ccc(F)cc1. The standard InChI is InChI=1S/C10H13FN2/c11-8-1-3-9(4-2-8)13-6-5-10(13)7-12/h1-4,10H,5-7,12H2. The lowest BCUT2D eigenvalue weighted by Gasteiger charge is -2.42. The van der Waals surface area contributed by atoms with Gasteiger partial charge in [-0.2, -0.15) is 0 Å². The van der Waals surface area contributed by atoms with Crippen LogP contribution in [-0.2, 0) is 0 Å². The number of rotatable bonds is 2. The van der Waals surface area contributed by atoms with E-state index in [1.165, 1.54) is 12.1 Å². The molecule has 3 heteroatoms. The van der Waals surface area contributed by atoms with Crippen LogP contribution in [0.3, 0.4) is 0 Å². The maximum Gasteiger partial charge on any atom is 0.123 e. The number of halogens is 1. The molecule has 0 saturated carbocycles. The first kappa shape index (κ1) is 8.51. The van der Waals surface area contributed by atoms with Gasteiger partial charge in [-0.25, -0.2) is 4.39 Å². The van der Waals surface area contributed by atoms with E-state index in [0.29, 0.717) is 12.6 Å². The highest BCUT2D eigenvalue weighted by molar-refractivity contribution is 5.49. The minimum atomic E-state index is -0.187. The van der Waals surface area contributed by atoms with Crippen LogP contribution in [0.4, 0.5) is 10.1 Å². The van der Waals surface area contributed by atoms with Crippen molar-refractivity contribution in [2.75, 3.05) is 18.0 Å². The fourth-order valence-corrected chi connectivity index (χ4v) is 1.66. The van der Waals surface area contributed by atoms with E-state index in [1.807, 2.05) is 0 Å². The summed E-state index contributed by atoms with van der Waals surface area (Å²) in [6.45, 7) is 1.71. The van der Waals surface area contributed by atoms with Crippen LogP contribution in [0, 0.1) is 5.82 Å². The van der Waals surface area contributed by atoms with Gasteiger partial charge in [0.25, 0.3) is 0 Å². The molecule has 2 nitrogen and oxygen atoms in total. The summed E-state index contributed by atoms with van der Waals surface area (Å²) < 4.78 is 12.6. The van der Waals surface area contributed by atoms with Crippen molar-refractivity contribution < 1.29 is 4.39 Å². The Morgan fingerprint density at radius 1 is 1.38 bits per heavy atom. The van der Waals surface area contributed by atoms with E-state index < -0.39 is 0 Å². The molecule has 0 radical (unpaired) electrons. The van der Waals surface area contributed by atoms with Crippen LogP contribution in [0.2, 0.25) is 0 Å². The lowest BCUT2D eigenvalue weighted by Crippen LogP contribution is -2.51. The summed E-state index contributed by atoms with van der Waals surface area (Å²) >= 11 is 0. The third kappa shape index (κ3) is 1.52. The Morgan fingerprint density at radius 2 is 2.08 bits per heavy atom. The molecule has 2 N–H and O–H groups in total. The summed E-state index contributed by atoms with van der Waals surface area (Å²) in [6, 6.07) is 7.03. The van der Waals surface area contributed by atoms with Crippen molar-refractivity contribution in [1.82, 2.24) is 0 Å². The van der Waals surface area contributed by atoms with E-state index in [9.17, 15) is 4.39 Å². The molecular formula is C10H13FN2. The van der Waals surface area contributed by atoms with Crippen molar-refractivity contribution in [3.8, 4) is 0 Å². The Bertz CT molecular complexity index is 281. The first-order chi connectivity index (χ1) is 6.31. The van der Waals surface area contributed by atoms with Crippen molar-refractivity contribution in [2.24, 2.45) is 5.73 Å². The van der Waals surface area contributed by atoms with E-state index in [-0.39, 0.29) is 5.82 Å². The lowest BCUT2D eigenvalue weighted by atomic mass is 10.0. The van der Waals surface area contributed by atoms with Crippen LogP contribution >= 0.6 is 0 Å². The molecule has 1 fully saturated rings. The number of hydrogen-bond acceptors (Lipinski definition) is 2. The fraction of sp³-hybridized carbons (Fsp3) is 0.400. The molecule has 1 saturated heterocycles. The summed E-state index contributed by atoms with van der Waals surface area (Å²) in [5.41, 5.74) is 6.65. The zero-order valence-corrected chi connectivity index (χ0v) is 7.41. The van der Waals surface area contributed by atoms with Crippen LogP contribution < -0.4 is 10.6 Å². The van der Waals surface area contributed by atoms with Crippen LogP contribution in [0.1, 0.15) is 6.42 Å². The van der Waals surface area contributed by atoms with Gasteiger partial charge in [-0.15, -0.1) is 0 Å². The summed E-state index contributed by atoms with van der Waals surface area (Å²) in [4.78, 5) is 2.21. The highest BCUT2D eigenvalue weighted by atomic mass is 19.1. The molecule has 1 atom stereocenters. The third-order valence-electron chi connectivity index (χ3n) is 2.57. The molecule has 1 heterocycles. The summed E-state index contributed by atoms with van der Waals surface area (Å²) in [5, 5.41) is 0. The monoisotopic (exact) mass is 180 g/mol. The van der Waals surface area contributed by atoms with Gasteiger partial charge in [-0.1, -0.05) is 0 Å². The van der Waals surface area contributed by atoms with E-state index in [4.69, 9.17) is 5.73 Å². The van der Waals surface area contributed by atoms with Gasteiger partial charge in [-0.3, -0.25) is 0 Å². The van der Waals surface area contributed by atoms with Crippen molar-refractivity contribution in [3.63, 3.8) is 0 Å². The first-order valence-electron chi connectivity index (χ1n) is 4.53. The molecule has 1 aliphatic rings. The van der Waals surface area contributed by atoms with Gasteiger partial charge in [0, 0.05) is 24.8 Å². The summed E-state index contributed by atoms with van der Waals surface area (Å²) in [6.07, 6.45) is 1.15. The predicted molar refractivity (Wildman–Crippen MR) is 51.2 cm³/mol. The molecule has 0 amide bonds. The minimum Gasteiger partial charge on any atom is -0.367 e. The third-order valence-corrected chi connectivity index (χ3v) is 2.57. The van der Waals surface area contributed by atoms with Crippen LogP contribution in [-0.4, -0.2) is 19.1 Å². The Labute approximate surface area is 77.2 Å². The second-order valence-electron chi connectivity index (χ2n) is 3.35. The Kier molecular flexibility index (Phi) is 2.19. The largest absolute Gasteiger partial charge is 0.367 e. The second-order valence-corrected chi connectivity index (χ2v) is 3.35. The minimum absolute atomic E-state index is 0.187. The molecule has 1 aromatic carbocycles. The Balaban J connectivity index is 2.12. The lowest BCUT2D eigenvalue weighted by molar-refractivity contribution is 0.456. The highest BCUT2D eigenvalue weighted by Gasteiger charge is 2.26. The molecule has 1 aromatic rings. The van der Waals surface area contributed by atoms with Crippen LogP contribution in [0.25, 0.3) is 0 Å². The molecule has 1 aliphatic heterocycles. The number of nitrogens with two attached hydrogens (primary N) is 1. The zero-order valence-electron chi connectivity index (χ0n) is 7.41. The average molecular weight is 180 g/mol.